The summed E-state index contributed by atoms with van der Waals surface area (Å²) in [5, 5.41) is 10.6. The topological polar surface area (TPSA) is 44.9 Å². The fourth-order valence-corrected chi connectivity index (χ4v) is 3.47. The van der Waals surface area contributed by atoms with Gasteiger partial charge in [0.1, 0.15) is 6.73 Å². The van der Waals surface area contributed by atoms with Crippen LogP contribution >= 0.6 is 11.6 Å². The lowest BCUT2D eigenvalue weighted by Crippen LogP contribution is -2.22. The van der Waals surface area contributed by atoms with Gasteiger partial charge in [0, 0.05) is 26.3 Å². The largest absolute Gasteiger partial charge is 0.360 e. The predicted octanol–water partition coefficient (Wildman–Crippen LogP) is 4.50. The molecule has 3 aromatic rings. The summed E-state index contributed by atoms with van der Waals surface area (Å²) < 4.78 is 9.57. The smallest absolute Gasteiger partial charge is 0.140 e. The number of halogens is 1. The van der Waals surface area contributed by atoms with E-state index in [1.807, 2.05) is 40.7 Å². The van der Waals surface area contributed by atoms with Gasteiger partial charge in [-0.1, -0.05) is 31.2 Å². The molecule has 0 amide bonds. The highest BCUT2D eigenvalue weighted by molar-refractivity contribution is 6.76. The Morgan fingerprint density at radius 2 is 2.00 bits per heavy atom. The number of fused-ring (bicyclic) bond motifs is 1. The monoisotopic (exact) mass is 362 g/mol. The zero-order valence-electron chi connectivity index (χ0n) is 14.6. The molecule has 1 aromatic carbocycles. The highest BCUT2D eigenvalue weighted by Gasteiger charge is 2.15. The van der Waals surface area contributed by atoms with Crippen molar-refractivity contribution in [1.29, 1.82) is 0 Å². The Morgan fingerprint density at radius 1 is 1.21 bits per heavy atom. The molecule has 0 aliphatic heterocycles. The van der Waals surface area contributed by atoms with Crippen LogP contribution in [0.2, 0.25) is 30.7 Å². The van der Waals surface area contributed by atoms with Crippen LogP contribution in [0.15, 0.2) is 30.6 Å². The van der Waals surface area contributed by atoms with E-state index in [-0.39, 0.29) is 0 Å². The van der Waals surface area contributed by atoms with Crippen molar-refractivity contribution in [3.8, 4) is 5.69 Å². The zero-order chi connectivity index (χ0) is 17.3. The number of aromatic nitrogens is 4. The summed E-state index contributed by atoms with van der Waals surface area (Å²) >= 11 is 6.34. The fourth-order valence-electron chi connectivity index (χ4n) is 2.51. The molecule has 0 fully saturated rings. The minimum absolute atomic E-state index is 0.418. The molecule has 24 heavy (non-hydrogen) atoms. The quantitative estimate of drug-likeness (QED) is 0.479. The maximum absolute atomic E-state index is 6.34. The van der Waals surface area contributed by atoms with Crippen molar-refractivity contribution in [3.05, 3.63) is 41.3 Å². The Kier molecular flexibility index (Phi) is 4.80. The van der Waals surface area contributed by atoms with Gasteiger partial charge in [-0.05, 0) is 31.2 Å². The zero-order valence-corrected chi connectivity index (χ0v) is 16.3. The summed E-state index contributed by atoms with van der Waals surface area (Å²) in [5.74, 6) is 0. The number of benzene rings is 1. The van der Waals surface area contributed by atoms with Crippen LogP contribution in [0.3, 0.4) is 0 Å². The molecule has 0 bridgehead atoms. The van der Waals surface area contributed by atoms with Crippen LogP contribution in [0.4, 0.5) is 0 Å². The molecule has 7 heteroatoms. The van der Waals surface area contributed by atoms with Crippen molar-refractivity contribution in [3.63, 3.8) is 0 Å². The van der Waals surface area contributed by atoms with Crippen LogP contribution in [0.5, 0.6) is 0 Å². The second kappa shape index (κ2) is 6.70. The molecule has 3 rings (SSSR count). The van der Waals surface area contributed by atoms with Crippen LogP contribution < -0.4 is 0 Å². The van der Waals surface area contributed by atoms with Crippen LogP contribution in [0.1, 0.15) is 5.69 Å². The van der Waals surface area contributed by atoms with Crippen molar-refractivity contribution in [2.75, 3.05) is 6.61 Å². The molecule has 0 spiro atoms. The van der Waals surface area contributed by atoms with Crippen LogP contribution in [0.25, 0.3) is 16.6 Å². The van der Waals surface area contributed by atoms with E-state index in [4.69, 9.17) is 16.3 Å². The molecule has 0 N–H and O–H groups in total. The SMILES string of the molecule is Cc1ccn(-c2ccc(Cl)c3cnn(COCC[Si](C)(C)C)c23)n1. The van der Waals surface area contributed by atoms with Crippen molar-refractivity contribution in [1.82, 2.24) is 19.6 Å². The van der Waals surface area contributed by atoms with E-state index < -0.39 is 8.07 Å². The lowest BCUT2D eigenvalue weighted by molar-refractivity contribution is 0.0817. The number of rotatable bonds is 6. The fraction of sp³-hybridized carbons (Fsp3) is 0.412. The predicted molar refractivity (Wildman–Crippen MR) is 101 cm³/mol. The minimum atomic E-state index is -1.09. The lowest BCUT2D eigenvalue weighted by Gasteiger charge is -2.15. The first-order chi connectivity index (χ1) is 11.3. The Balaban J connectivity index is 1.90. The van der Waals surface area contributed by atoms with E-state index in [9.17, 15) is 0 Å². The van der Waals surface area contributed by atoms with E-state index >= 15 is 0 Å². The molecule has 0 saturated heterocycles. The molecule has 0 radical (unpaired) electrons. The Bertz CT molecular complexity index is 850. The van der Waals surface area contributed by atoms with Crippen molar-refractivity contribution in [2.24, 2.45) is 0 Å². The number of aryl methyl sites for hydroxylation is 1. The molecule has 2 heterocycles. The normalized spacial score (nSPS) is 12.2. The molecule has 0 unspecified atom stereocenters. The van der Waals surface area contributed by atoms with Crippen molar-refractivity contribution < 1.29 is 4.74 Å². The first kappa shape index (κ1) is 17.2. The van der Waals surface area contributed by atoms with Gasteiger partial charge in [0.15, 0.2) is 0 Å². The third-order valence-corrected chi connectivity index (χ3v) is 5.94. The molecule has 2 aromatic heterocycles. The lowest BCUT2D eigenvalue weighted by atomic mass is 10.2. The van der Waals surface area contributed by atoms with E-state index in [1.165, 1.54) is 0 Å². The number of hydrogen-bond donors (Lipinski definition) is 0. The van der Waals surface area contributed by atoms with E-state index in [2.05, 4.69) is 29.8 Å². The van der Waals surface area contributed by atoms with Gasteiger partial charge < -0.3 is 4.74 Å². The molecule has 0 atom stereocenters. The first-order valence-corrected chi connectivity index (χ1v) is 12.2. The van der Waals surface area contributed by atoms with Gasteiger partial charge in [0.25, 0.3) is 0 Å². The van der Waals surface area contributed by atoms with Crippen molar-refractivity contribution >= 4 is 30.6 Å². The van der Waals surface area contributed by atoms with Gasteiger partial charge in [-0.3, -0.25) is 0 Å². The standard InChI is InChI=1S/C17H23ClN4OSi/c1-13-7-8-21(20-13)16-6-5-15(18)14-11-19-22(17(14)16)12-23-9-10-24(2,3)4/h5-8,11H,9-10,12H2,1-4H3. The molecular formula is C17H23ClN4OSi. The summed E-state index contributed by atoms with van der Waals surface area (Å²) in [7, 11) is -1.09. The summed E-state index contributed by atoms with van der Waals surface area (Å²) in [5.41, 5.74) is 2.86. The van der Waals surface area contributed by atoms with Crippen LogP contribution in [-0.2, 0) is 11.5 Å². The Morgan fingerprint density at radius 3 is 2.67 bits per heavy atom. The summed E-state index contributed by atoms with van der Waals surface area (Å²) in [6.45, 7) is 10.2. The Hall–Kier alpha value is -1.63. The highest BCUT2D eigenvalue weighted by Crippen LogP contribution is 2.28. The van der Waals surface area contributed by atoms with E-state index in [0.717, 1.165) is 34.9 Å². The molecule has 5 nitrogen and oxygen atoms in total. The van der Waals surface area contributed by atoms with E-state index in [1.54, 1.807) is 6.20 Å². The minimum Gasteiger partial charge on any atom is -0.360 e. The average molecular weight is 363 g/mol. The van der Waals surface area contributed by atoms with Gasteiger partial charge >= 0.3 is 0 Å². The van der Waals surface area contributed by atoms with E-state index in [0.29, 0.717) is 11.8 Å². The summed E-state index contributed by atoms with van der Waals surface area (Å²) in [6, 6.07) is 6.97. The third-order valence-electron chi connectivity index (χ3n) is 3.91. The summed E-state index contributed by atoms with van der Waals surface area (Å²) in [6.07, 6.45) is 3.74. The molecule has 128 valence electrons. The third kappa shape index (κ3) is 3.71. The van der Waals surface area contributed by atoms with Crippen molar-refractivity contribution in [2.45, 2.75) is 39.3 Å². The van der Waals surface area contributed by atoms with Gasteiger partial charge in [0.2, 0.25) is 0 Å². The Labute approximate surface area is 148 Å². The second-order valence-electron chi connectivity index (χ2n) is 7.22. The molecule has 0 aliphatic rings. The number of hydrogen-bond acceptors (Lipinski definition) is 3. The van der Waals surface area contributed by atoms with Crippen LogP contribution in [-0.4, -0.2) is 34.2 Å². The summed E-state index contributed by atoms with van der Waals surface area (Å²) in [4.78, 5) is 0. The maximum Gasteiger partial charge on any atom is 0.140 e. The second-order valence-corrected chi connectivity index (χ2v) is 13.3. The van der Waals surface area contributed by atoms with Gasteiger partial charge in [-0.25, -0.2) is 9.36 Å². The number of nitrogens with zero attached hydrogens (tertiary/aromatic N) is 4. The highest BCUT2D eigenvalue weighted by atomic mass is 35.5. The molecular weight excluding hydrogens is 340 g/mol. The number of ether oxygens (including phenoxy) is 1. The van der Waals surface area contributed by atoms with Gasteiger partial charge in [-0.2, -0.15) is 10.2 Å². The maximum atomic E-state index is 6.34. The molecule has 0 saturated carbocycles. The first-order valence-electron chi connectivity index (χ1n) is 8.09. The van der Waals surface area contributed by atoms with Gasteiger partial charge in [-0.15, -0.1) is 0 Å². The average Bonchev–Trinajstić information content (AvgIpc) is 3.11. The molecule has 0 aliphatic carbocycles. The van der Waals surface area contributed by atoms with Crippen LogP contribution in [0, 0.1) is 6.92 Å². The van der Waals surface area contributed by atoms with Gasteiger partial charge in [0.05, 0.1) is 28.1 Å².